The molecule has 2 heterocycles. The lowest BCUT2D eigenvalue weighted by atomic mass is 10.0. The third-order valence-corrected chi connectivity index (χ3v) is 4.12. The third kappa shape index (κ3) is 4.06. The van der Waals surface area contributed by atoms with Crippen LogP contribution >= 0.6 is 12.4 Å². The summed E-state index contributed by atoms with van der Waals surface area (Å²) in [4.78, 5) is 6.75. The van der Waals surface area contributed by atoms with Crippen molar-refractivity contribution in [2.75, 3.05) is 6.54 Å². The first-order valence-electron chi connectivity index (χ1n) is 7.55. The molecule has 22 heavy (non-hydrogen) atoms. The van der Waals surface area contributed by atoms with Crippen LogP contribution in [0.25, 0.3) is 0 Å². The molecule has 120 valence electrons. The van der Waals surface area contributed by atoms with Crippen LogP contribution in [-0.2, 0) is 19.5 Å². The molecule has 6 heteroatoms. The Bertz CT molecular complexity index is 584. The van der Waals surface area contributed by atoms with E-state index in [0.717, 1.165) is 25.3 Å². The van der Waals surface area contributed by atoms with E-state index in [1.54, 1.807) is 0 Å². The van der Waals surface area contributed by atoms with Crippen LogP contribution in [0.5, 0.6) is 0 Å². The summed E-state index contributed by atoms with van der Waals surface area (Å²) in [6.07, 6.45) is 3.55. The summed E-state index contributed by atoms with van der Waals surface area (Å²) >= 11 is 0. The molecule has 1 aliphatic rings. The van der Waals surface area contributed by atoms with Crippen molar-refractivity contribution in [3.8, 4) is 0 Å². The maximum Gasteiger partial charge on any atom is 0.240 e. The van der Waals surface area contributed by atoms with E-state index in [9.17, 15) is 0 Å². The number of rotatable bonds is 5. The zero-order valence-corrected chi connectivity index (χ0v) is 13.7. The van der Waals surface area contributed by atoms with E-state index < -0.39 is 0 Å². The number of aryl methyl sites for hydroxylation is 1. The first-order chi connectivity index (χ1) is 10.2. The Morgan fingerprint density at radius 3 is 2.77 bits per heavy atom. The van der Waals surface area contributed by atoms with Gasteiger partial charge in [0.1, 0.15) is 0 Å². The molecule has 0 saturated carbocycles. The van der Waals surface area contributed by atoms with Gasteiger partial charge in [-0.05, 0) is 38.3 Å². The lowest BCUT2D eigenvalue weighted by Gasteiger charge is -2.23. The molecular weight excluding hydrogens is 300 g/mol. The largest absolute Gasteiger partial charge is 0.338 e. The summed E-state index contributed by atoms with van der Waals surface area (Å²) in [5.74, 6) is 1.26. The SMILES string of the molecule is Cc1ccc(CC2CCCN2Cc2noc(CN)n2)cc1.Cl. The summed E-state index contributed by atoms with van der Waals surface area (Å²) in [5, 5.41) is 4.00. The highest BCUT2D eigenvalue weighted by molar-refractivity contribution is 5.85. The Labute approximate surface area is 137 Å². The van der Waals surface area contributed by atoms with E-state index in [-0.39, 0.29) is 12.4 Å². The van der Waals surface area contributed by atoms with E-state index in [1.165, 1.54) is 24.0 Å². The highest BCUT2D eigenvalue weighted by Crippen LogP contribution is 2.22. The molecule has 5 nitrogen and oxygen atoms in total. The van der Waals surface area contributed by atoms with E-state index in [1.807, 2.05) is 0 Å². The Hall–Kier alpha value is -1.43. The van der Waals surface area contributed by atoms with Crippen molar-refractivity contribution in [3.63, 3.8) is 0 Å². The molecule has 0 spiro atoms. The molecule has 1 saturated heterocycles. The monoisotopic (exact) mass is 322 g/mol. The van der Waals surface area contributed by atoms with Gasteiger partial charge in [-0.2, -0.15) is 4.98 Å². The van der Waals surface area contributed by atoms with Gasteiger partial charge in [-0.25, -0.2) is 0 Å². The number of likely N-dealkylation sites (tertiary alicyclic amines) is 1. The van der Waals surface area contributed by atoms with Crippen molar-refractivity contribution in [1.29, 1.82) is 0 Å². The van der Waals surface area contributed by atoms with Gasteiger partial charge in [-0.3, -0.25) is 4.90 Å². The predicted molar refractivity (Wildman–Crippen MR) is 87.8 cm³/mol. The van der Waals surface area contributed by atoms with Crippen molar-refractivity contribution < 1.29 is 4.52 Å². The summed E-state index contributed by atoms with van der Waals surface area (Å²) in [6.45, 7) is 4.28. The van der Waals surface area contributed by atoms with Crippen LogP contribution in [0.1, 0.15) is 35.7 Å². The topological polar surface area (TPSA) is 68.2 Å². The van der Waals surface area contributed by atoms with Gasteiger partial charge in [0, 0.05) is 6.04 Å². The second-order valence-electron chi connectivity index (χ2n) is 5.76. The van der Waals surface area contributed by atoms with Gasteiger partial charge >= 0.3 is 0 Å². The number of nitrogens with zero attached hydrogens (tertiary/aromatic N) is 3. The van der Waals surface area contributed by atoms with E-state index >= 15 is 0 Å². The molecule has 2 aromatic rings. The highest BCUT2D eigenvalue weighted by Gasteiger charge is 2.26. The van der Waals surface area contributed by atoms with Gasteiger partial charge in [0.2, 0.25) is 5.89 Å². The summed E-state index contributed by atoms with van der Waals surface area (Å²) in [6, 6.07) is 9.38. The number of benzene rings is 1. The molecule has 0 aliphatic carbocycles. The summed E-state index contributed by atoms with van der Waals surface area (Å²) in [5.41, 5.74) is 8.21. The molecular formula is C16H23ClN4O. The van der Waals surface area contributed by atoms with Gasteiger partial charge in [-0.15, -0.1) is 12.4 Å². The molecule has 1 aliphatic heterocycles. The Kier molecular flexibility index (Phi) is 5.94. The van der Waals surface area contributed by atoms with Gasteiger partial charge in [0.25, 0.3) is 0 Å². The minimum Gasteiger partial charge on any atom is -0.338 e. The number of hydrogen-bond donors (Lipinski definition) is 1. The lowest BCUT2D eigenvalue weighted by molar-refractivity contribution is 0.234. The molecule has 1 unspecified atom stereocenters. The average molecular weight is 323 g/mol. The summed E-state index contributed by atoms with van der Waals surface area (Å²) in [7, 11) is 0. The third-order valence-electron chi connectivity index (χ3n) is 4.12. The first kappa shape index (κ1) is 16.9. The van der Waals surface area contributed by atoms with E-state index in [4.69, 9.17) is 10.3 Å². The number of aromatic nitrogens is 2. The Morgan fingerprint density at radius 2 is 2.09 bits per heavy atom. The van der Waals surface area contributed by atoms with Crippen molar-refractivity contribution in [2.24, 2.45) is 5.73 Å². The van der Waals surface area contributed by atoms with Crippen LogP contribution in [-0.4, -0.2) is 27.6 Å². The molecule has 1 aromatic carbocycles. The lowest BCUT2D eigenvalue weighted by Crippen LogP contribution is -2.31. The highest BCUT2D eigenvalue weighted by atomic mass is 35.5. The van der Waals surface area contributed by atoms with Gasteiger partial charge < -0.3 is 10.3 Å². The smallest absolute Gasteiger partial charge is 0.240 e. The molecule has 1 atom stereocenters. The molecule has 1 aromatic heterocycles. The first-order valence-corrected chi connectivity index (χ1v) is 7.55. The zero-order valence-electron chi connectivity index (χ0n) is 12.9. The van der Waals surface area contributed by atoms with Gasteiger partial charge in [-0.1, -0.05) is 35.0 Å². The Balaban J connectivity index is 0.00000176. The van der Waals surface area contributed by atoms with Crippen molar-refractivity contribution in [2.45, 2.75) is 45.3 Å². The van der Waals surface area contributed by atoms with Crippen LogP contribution in [0, 0.1) is 6.92 Å². The standard InChI is InChI=1S/C16H22N4O.ClH/c1-12-4-6-13(7-5-12)9-14-3-2-8-20(14)11-15-18-16(10-17)21-19-15;/h4-7,14H,2-3,8-11,17H2,1H3;1H. The summed E-state index contributed by atoms with van der Waals surface area (Å²) < 4.78 is 5.08. The number of halogens is 1. The van der Waals surface area contributed by atoms with Crippen molar-refractivity contribution in [3.05, 3.63) is 47.1 Å². The minimum atomic E-state index is 0. The minimum absolute atomic E-state index is 0. The van der Waals surface area contributed by atoms with Crippen LogP contribution in [0.3, 0.4) is 0 Å². The Morgan fingerprint density at radius 1 is 1.32 bits per heavy atom. The number of nitrogens with two attached hydrogens (primary N) is 1. The molecule has 0 radical (unpaired) electrons. The molecule has 0 bridgehead atoms. The van der Waals surface area contributed by atoms with Gasteiger partial charge in [0.05, 0.1) is 13.1 Å². The van der Waals surface area contributed by atoms with Crippen LogP contribution in [0.2, 0.25) is 0 Å². The predicted octanol–water partition coefficient (Wildman–Crippen LogP) is 2.47. The number of hydrogen-bond acceptors (Lipinski definition) is 5. The van der Waals surface area contributed by atoms with Crippen molar-refractivity contribution >= 4 is 12.4 Å². The fourth-order valence-electron chi connectivity index (χ4n) is 2.95. The fourth-order valence-corrected chi connectivity index (χ4v) is 2.95. The van der Waals surface area contributed by atoms with E-state index in [0.29, 0.717) is 18.5 Å². The maximum absolute atomic E-state index is 5.50. The van der Waals surface area contributed by atoms with E-state index in [2.05, 4.69) is 46.2 Å². The quantitative estimate of drug-likeness (QED) is 0.915. The zero-order chi connectivity index (χ0) is 14.7. The fraction of sp³-hybridized carbons (Fsp3) is 0.500. The second-order valence-corrected chi connectivity index (χ2v) is 5.76. The van der Waals surface area contributed by atoms with Crippen LogP contribution < -0.4 is 5.73 Å². The van der Waals surface area contributed by atoms with Crippen LogP contribution in [0.15, 0.2) is 28.8 Å². The van der Waals surface area contributed by atoms with Crippen molar-refractivity contribution in [1.82, 2.24) is 15.0 Å². The maximum atomic E-state index is 5.50. The van der Waals surface area contributed by atoms with Gasteiger partial charge in [0.15, 0.2) is 5.82 Å². The average Bonchev–Trinajstić information content (AvgIpc) is 3.12. The molecule has 0 amide bonds. The van der Waals surface area contributed by atoms with Crippen LogP contribution in [0.4, 0.5) is 0 Å². The molecule has 2 N–H and O–H groups in total. The normalized spacial score (nSPS) is 18.4. The second kappa shape index (κ2) is 7.72. The molecule has 3 rings (SSSR count). The molecule has 1 fully saturated rings.